The molecule has 0 spiro atoms. The Morgan fingerprint density at radius 1 is 1.17 bits per heavy atom. The van der Waals surface area contributed by atoms with E-state index in [0.29, 0.717) is 0 Å². The first kappa shape index (κ1) is 14.5. The molecule has 0 aromatic rings. The normalized spacial score (nSPS) is 16.1. The van der Waals surface area contributed by atoms with Crippen LogP contribution in [0.15, 0.2) is 0 Å². The topological polar surface area (TPSA) is 86.7 Å². The minimum atomic E-state index is -1.04. The lowest BCUT2D eigenvalue weighted by molar-refractivity contribution is -0.138. The number of nitrogens with zero attached hydrogens (tertiary/aromatic N) is 1. The van der Waals surface area contributed by atoms with Crippen molar-refractivity contribution in [1.29, 1.82) is 0 Å². The zero-order valence-electron chi connectivity index (χ0n) is 10.6. The lowest BCUT2D eigenvalue weighted by atomic mass is 9.95. The maximum atomic E-state index is 11.7. The van der Waals surface area contributed by atoms with Gasteiger partial charge in [-0.15, -0.1) is 0 Å². The maximum absolute atomic E-state index is 11.7. The Labute approximate surface area is 106 Å². The van der Waals surface area contributed by atoms with E-state index >= 15 is 0 Å². The van der Waals surface area contributed by atoms with E-state index in [1.165, 1.54) is 6.42 Å². The second-order valence-corrected chi connectivity index (χ2v) is 4.65. The first-order valence-electron chi connectivity index (χ1n) is 6.29. The third-order valence-corrected chi connectivity index (χ3v) is 3.26. The first-order valence-corrected chi connectivity index (χ1v) is 6.29. The number of nitrogens with one attached hydrogen (secondary N) is 1. The van der Waals surface area contributed by atoms with Crippen molar-refractivity contribution in [2.24, 2.45) is 0 Å². The molecule has 3 amide bonds. The van der Waals surface area contributed by atoms with E-state index in [-0.39, 0.29) is 18.9 Å². The van der Waals surface area contributed by atoms with Gasteiger partial charge >= 0.3 is 12.0 Å². The van der Waals surface area contributed by atoms with Crippen molar-refractivity contribution in [3.63, 3.8) is 0 Å². The maximum Gasteiger partial charge on any atom is 0.324 e. The van der Waals surface area contributed by atoms with Gasteiger partial charge in [0.25, 0.3) is 0 Å². The number of hydrogen-bond donors (Lipinski definition) is 2. The fourth-order valence-corrected chi connectivity index (χ4v) is 2.12. The molecule has 1 aliphatic carbocycles. The Kier molecular flexibility index (Phi) is 5.61. The molecule has 0 unspecified atom stereocenters. The Hall–Kier alpha value is -1.59. The highest BCUT2D eigenvalue weighted by Crippen LogP contribution is 2.21. The van der Waals surface area contributed by atoms with Crippen LogP contribution in [0.5, 0.6) is 0 Å². The van der Waals surface area contributed by atoms with Gasteiger partial charge in [-0.05, 0) is 12.8 Å². The largest absolute Gasteiger partial charge is 0.481 e. The van der Waals surface area contributed by atoms with Crippen LogP contribution in [0.25, 0.3) is 0 Å². The number of urea groups is 1. The number of amides is 3. The van der Waals surface area contributed by atoms with Crippen molar-refractivity contribution in [2.75, 3.05) is 7.05 Å². The van der Waals surface area contributed by atoms with E-state index in [4.69, 9.17) is 5.11 Å². The van der Waals surface area contributed by atoms with Crippen molar-refractivity contribution in [2.45, 2.75) is 51.0 Å². The van der Waals surface area contributed by atoms with Gasteiger partial charge in [-0.3, -0.25) is 14.9 Å². The average Bonchev–Trinajstić information content (AvgIpc) is 2.36. The summed E-state index contributed by atoms with van der Waals surface area (Å²) in [6.07, 6.45) is 4.92. The van der Waals surface area contributed by atoms with Crippen molar-refractivity contribution in [3.8, 4) is 0 Å². The predicted octanol–water partition coefficient (Wildman–Crippen LogP) is 1.35. The van der Waals surface area contributed by atoms with Gasteiger partial charge in [0.2, 0.25) is 5.91 Å². The molecule has 0 radical (unpaired) electrons. The van der Waals surface area contributed by atoms with Crippen molar-refractivity contribution < 1.29 is 19.5 Å². The zero-order valence-corrected chi connectivity index (χ0v) is 10.6. The molecule has 1 rings (SSSR count). The van der Waals surface area contributed by atoms with Gasteiger partial charge in [-0.25, -0.2) is 4.79 Å². The van der Waals surface area contributed by atoms with Gasteiger partial charge in [0, 0.05) is 19.5 Å². The fourth-order valence-electron chi connectivity index (χ4n) is 2.12. The van der Waals surface area contributed by atoms with Crippen LogP contribution in [0.2, 0.25) is 0 Å². The molecule has 1 aliphatic rings. The van der Waals surface area contributed by atoms with Gasteiger partial charge in [0.15, 0.2) is 0 Å². The summed E-state index contributed by atoms with van der Waals surface area (Å²) in [4.78, 5) is 34.9. The molecule has 0 heterocycles. The van der Waals surface area contributed by atoms with Crippen LogP contribution in [0.1, 0.15) is 44.9 Å². The summed E-state index contributed by atoms with van der Waals surface area (Å²) in [5.41, 5.74) is 0. The smallest absolute Gasteiger partial charge is 0.324 e. The molecule has 18 heavy (non-hydrogen) atoms. The van der Waals surface area contributed by atoms with Crippen LogP contribution in [0.3, 0.4) is 0 Å². The number of carboxylic acids is 1. The highest BCUT2D eigenvalue weighted by Gasteiger charge is 2.23. The van der Waals surface area contributed by atoms with Crippen LogP contribution < -0.4 is 5.32 Å². The number of rotatable bonds is 4. The minimum Gasteiger partial charge on any atom is -0.481 e. The highest BCUT2D eigenvalue weighted by molar-refractivity contribution is 5.95. The molecule has 0 saturated heterocycles. The Morgan fingerprint density at radius 3 is 2.33 bits per heavy atom. The molecule has 0 aromatic heterocycles. The molecule has 0 aromatic carbocycles. The van der Waals surface area contributed by atoms with Crippen LogP contribution in [-0.2, 0) is 9.59 Å². The minimum absolute atomic E-state index is 0.167. The number of hydrogen-bond acceptors (Lipinski definition) is 3. The van der Waals surface area contributed by atoms with Gasteiger partial charge < -0.3 is 10.0 Å². The molecule has 1 fully saturated rings. The van der Waals surface area contributed by atoms with Crippen molar-refractivity contribution in [1.82, 2.24) is 10.2 Å². The van der Waals surface area contributed by atoms with Gasteiger partial charge in [0.1, 0.15) is 0 Å². The molecule has 6 nitrogen and oxygen atoms in total. The number of aliphatic carboxylic acids is 1. The molecule has 0 atom stereocenters. The third-order valence-electron chi connectivity index (χ3n) is 3.26. The summed E-state index contributed by atoms with van der Waals surface area (Å²) >= 11 is 0. The molecule has 102 valence electrons. The SMILES string of the molecule is CN(C(=O)NC(=O)CCC(=O)O)C1CCCCC1. The standard InChI is InChI=1S/C12H20N2O4/c1-14(9-5-3-2-4-6-9)12(18)13-10(15)7-8-11(16)17/h9H,2-8H2,1H3,(H,16,17)(H,13,15,18). The summed E-state index contributed by atoms with van der Waals surface area (Å²) in [6.45, 7) is 0. The lowest BCUT2D eigenvalue weighted by Crippen LogP contribution is -2.46. The quantitative estimate of drug-likeness (QED) is 0.795. The second-order valence-electron chi connectivity index (χ2n) is 4.65. The Morgan fingerprint density at radius 2 is 1.78 bits per heavy atom. The summed E-state index contributed by atoms with van der Waals surface area (Å²) in [5.74, 6) is -1.58. The molecule has 6 heteroatoms. The summed E-state index contributed by atoms with van der Waals surface area (Å²) in [5, 5.41) is 10.7. The van der Waals surface area contributed by atoms with E-state index in [2.05, 4.69) is 5.32 Å². The number of carbonyl (C=O) groups excluding carboxylic acids is 2. The van der Waals surface area contributed by atoms with E-state index < -0.39 is 17.9 Å². The highest BCUT2D eigenvalue weighted by atomic mass is 16.4. The van der Waals surface area contributed by atoms with Crippen LogP contribution in [0, 0.1) is 0 Å². The van der Waals surface area contributed by atoms with E-state index in [0.717, 1.165) is 25.7 Å². The van der Waals surface area contributed by atoms with Gasteiger partial charge in [-0.1, -0.05) is 19.3 Å². The van der Waals surface area contributed by atoms with Gasteiger partial charge in [0.05, 0.1) is 6.42 Å². The van der Waals surface area contributed by atoms with E-state index in [1.807, 2.05) is 0 Å². The van der Waals surface area contributed by atoms with Gasteiger partial charge in [-0.2, -0.15) is 0 Å². The summed E-state index contributed by atoms with van der Waals surface area (Å²) < 4.78 is 0. The average molecular weight is 256 g/mol. The van der Waals surface area contributed by atoms with Crippen LogP contribution in [0.4, 0.5) is 4.79 Å². The molecule has 2 N–H and O–H groups in total. The first-order chi connectivity index (χ1) is 8.50. The Bertz CT molecular complexity index is 324. The number of imide groups is 1. The van der Waals surface area contributed by atoms with Crippen LogP contribution in [-0.4, -0.2) is 41.0 Å². The molecule has 0 aliphatic heterocycles. The van der Waals surface area contributed by atoms with E-state index in [9.17, 15) is 14.4 Å². The number of carboxylic acid groups (broad SMARTS) is 1. The van der Waals surface area contributed by atoms with E-state index in [1.54, 1.807) is 11.9 Å². The fraction of sp³-hybridized carbons (Fsp3) is 0.750. The summed E-state index contributed by atoms with van der Waals surface area (Å²) in [6, 6.07) is -0.247. The predicted molar refractivity (Wildman–Crippen MR) is 65.0 cm³/mol. The molecular formula is C12H20N2O4. The van der Waals surface area contributed by atoms with Crippen LogP contribution >= 0.6 is 0 Å². The molecular weight excluding hydrogens is 236 g/mol. The third kappa shape index (κ3) is 4.73. The lowest BCUT2D eigenvalue weighted by Gasteiger charge is -2.30. The molecule has 1 saturated carbocycles. The van der Waals surface area contributed by atoms with Crippen molar-refractivity contribution >= 4 is 17.9 Å². The second kappa shape index (κ2) is 6.98. The number of carbonyl (C=O) groups is 3. The zero-order chi connectivity index (χ0) is 13.5. The molecule has 0 bridgehead atoms. The Balaban J connectivity index is 2.34. The van der Waals surface area contributed by atoms with Crippen molar-refractivity contribution in [3.05, 3.63) is 0 Å². The monoisotopic (exact) mass is 256 g/mol. The summed E-state index contributed by atoms with van der Waals surface area (Å²) in [7, 11) is 1.68.